The van der Waals surface area contributed by atoms with E-state index in [1.54, 1.807) is 6.33 Å². The summed E-state index contributed by atoms with van der Waals surface area (Å²) >= 11 is 5.30. The van der Waals surface area contributed by atoms with Crippen molar-refractivity contribution in [3.05, 3.63) is 11.1 Å². The molecule has 2 rings (SSSR count). The average molecular weight is 311 g/mol. The summed E-state index contributed by atoms with van der Waals surface area (Å²) in [4.78, 5) is 16.6. The number of carbonyl (C=O) groups excluding carboxylic acids is 1. The molecule has 0 radical (unpaired) electrons. The smallest absolute Gasteiger partial charge is 0.225 e. The predicted molar refractivity (Wildman–Crippen MR) is 84.3 cm³/mol. The van der Waals surface area contributed by atoms with Gasteiger partial charge in [0, 0.05) is 39.1 Å². The molecule has 0 atom stereocenters. The first-order chi connectivity index (χ1) is 10.1. The molecule has 2 heterocycles. The molecule has 0 N–H and O–H groups in total. The Labute approximate surface area is 131 Å². The molecular weight excluding hydrogens is 286 g/mol. The molecule has 0 spiro atoms. The summed E-state index contributed by atoms with van der Waals surface area (Å²) in [5, 5.41) is 4.28. The van der Waals surface area contributed by atoms with Gasteiger partial charge < -0.3 is 9.47 Å². The van der Waals surface area contributed by atoms with Gasteiger partial charge in [0.25, 0.3) is 0 Å². The number of nitrogens with zero attached hydrogens (tertiary/aromatic N) is 5. The Morgan fingerprint density at radius 2 is 2.00 bits per heavy atom. The van der Waals surface area contributed by atoms with Crippen molar-refractivity contribution >= 4 is 18.1 Å². The standard InChI is InChI=1S/C14H25N5OS/c1-4-18(5-2)13(20)12-6-8-17(9-7-12)11-19-14(21)16(3)10-15-19/h10,12H,4-9,11H2,1-3H3. The van der Waals surface area contributed by atoms with Gasteiger partial charge in [-0.25, -0.2) is 4.68 Å². The summed E-state index contributed by atoms with van der Waals surface area (Å²) in [7, 11) is 1.90. The van der Waals surface area contributed by atoms with Gasteiger partial charge in [-0.2, -0.15) is 5.10 Å². The molecule has 7 heteroatoms. The van der Waals surface area contributed by atoms with Crippen molar-refractivity contribution in [1.29, 1.82) is 0 Å². The van der Waals surface area contributed by atoms with Gasteiger partial charge in [-0.3, -0.25) is 9.69 Å². The number of hydrogen-bond acceptors (Lipinski definition) is 4. The average Bonchev–Trinajstić information content (AvgIpc) is 2.81. The third-order valence-electron chi connectivity index (χ3n) is 4.23. The lowest BCUT2D eigenvalue weighted by Crippen LogP contribution is -2.43. The molecule has 0 bridgehead atoms. The van der Waals surface area contributed by atoms with Crippen molar-refractivity contribution in [3.8, 4) is 0 Å². The van der Waals surface area contributed by atoms with Crippen LogP contribution in [-0.4, -0.2) is 56.2 Å². The summed E-state index contributed by atoms with van der Waals surface area (Å²) in [5.41, 5.74) is 0. The van der Waals surface area contributed by atoms with Crippen LogP contribution in [0.1, 0.15) is 26.7 Å². The maximum atomic E-state index is 12.4. The van der Waals surface area contributed by atoms with Crippen LogP contribution in [0.3, 0.4) is 0 Å². The van der Waals surface area contributed by atoms with E-state index in [2.05, 4.69) is 10.00 Å². The van der Waals surface area contributed by atoms with E-state index in [1.165, 1.54) is 0 Å². The van der Waals surface area contributed by atoms with Crippen LogP contribution in [0.15, 0.2) is 6.33 Å². The highest BCUT2D eigenvalue weighted by Crippen LogP contribution is 2.20. The Balaban J connectivity index is 1.87. The number of rotatable bonds is 5. The van der Waals surface area contributed by atoms with Crippen LogP contribution in [-0.2, 0) is 18.5 Å². The van der Waals surface area contributed by atoms with Crippen molar-refractivity contribution in [2.24, 2.45) is 13.0 Å². The maximum Gasteiger partial charge on any atom is 0.225 e. The second-order valence-corrected chi connectivity index (χ2v) is 5.93. The monoisotopic (exact) mass is 311 g/mol. The summed E-state index contributed by atoms with van der Waals surface area (Å²) in [6.45, 7) is 8.26. The van der Waals surface area contributed by atoms with Gasteiger partial charge in [0.2, 0.25) is 5.91 Å². The minimum atomic E-state index is 0.179. The van der Waals surface area contributed by atoms with Crippen molar-refractivity contribution < 1.29 is 4.79 Å². The van der Waals surface area contributed by atoms with Crippen LogP contribution in [0.4, 0.5) is 0 Å². The Bertz CT molecular complexity index is 526. The van der Waals surface area contributed by atoms with Gasteiger partial charge in [-0.1, -0.05) is 0 Å². The molecule has 1 aliphatic rings. The third-order valence-corrected chi connectivity index (χ3v) is 4.73. The second-order valence-electron chi connectivity index (χ2n) is 5.57. The van der Waals surface area contributed by atoms with Crippen LogP contribution in [0.5, 0.6) is 0 Å². The summed E-state index contributed by atoms with van der Waals surface area (Å²) in [6, 6.07) is 0. The number of aromatic nitrogens is 3. The molecule has 1 aromatic heterocycles. The third kappa shape index (κ3) is 3.71. The molecular formula is C14H25N5OS. The zero-order valence-electron chi connectivity index (χ0n) is 13.2. The molecule has 0 aromatic carbocycles. The van der Waals surface area contributed by atoms with Gasteiger partial charge in [0.15, 0.2) is 4.77 Å². The van der Waals surface area contributed by atoms with Gasteiger partial charge >= 0.3 is 0 Å². The first kappa shape index (κ1) is 16.2. The van der Waals surface area contributed by atoms with E-state index in [-0.39, 0.29) is 5.92 Å². The van der Waals surface area contributed by atoms with Gasteiger partial charge in [-0.05, 0) is 38.9 Å². The van der Waals surface area contributed by atoms with Crippen LogP contribution >= 0.6 is 12.2 Å². The Morgan fingerprint density at radius 3 is 2.48 bits per heavy atom. The molecule has 6 nitrogen and oxygen atoms in total. The zero-order valence-corrected chi connectivity index (χ0v) is 14.0. The van der Waals surface area contributed by atoms with E-state index >= 15 is 0 Å². The molecule has 1 aromatic rings. The van der Waals surface area contributed by atoms with Gasteiger partial charge in [0.05, 0.1) is 6.67 Å². The van der Waals surface area contributed by atoms with Crippen molar-refractivity contribution in [2.45, 2.75) is 33.4 Å². The fourth-order valence-corrected chi connectivity index (χ4v) is 2.97. The number of piperidine rings is 1. The van der Waals surface area contributed by atoms with E-state index in [1.807, 2.05) is 35.0 Å². The number of aryl methyl sites for hydroxylation is 1. The molecule has 1 saturated heterocycles. The molecule has 1 amide bonds. The topological polar surface area (TPSA) is 46.3 Å². The Hall–Kier alpha value is -1.21. The van der Waals surface area contributed by atoms with E-state index in [9.17, 15) is 4.79 Å². The second kappa shape index (κ2) is 7.17. The molecule has 118 valence electrons. The minimum absolute atomic E-state index is 0.179. The number of likely N-dealkylation sites (tertiary alicyclic amines) is 1. The molecule has 21 heavy (non-hydrogen) atoms. The van der Waals surface area contributed by atoms with Crippen LogP contribution in [0.2, 0.25) is 0 Å². The lowest BCUT2D eigenvalue weighted by molar-refractivity contribution is -0.136. The molecule has 1 fully saturated rings. The van der Waals surface area contributed by atoms with E-state index in [0.29, 0.717) is 12.6 Å². The van der Waals surface area contributed by atoms with Crippen molar-refractivity contribution in [3.63, 3.8) is 0 Å². The maximum absolute atomic E-state index is 12.4. The van der Waals surface area contributed by atoms with Crippen molar-refractivity contribution in [1.82, 2.24) is 24.1 Å². The Kier molecular flexibility index (Phi) is 5.52. The molecule has 1 aliphatic heterocycles. The lowest BCUT2D eigenvalue weighted by atomic mass is 9.95. The normalized spacial score (nSPS) is 17.1. The first-order valence-corrected chi connectivity index (χ1v) is 8.07. The zero-order chi connectivity index (χ0) is 15.4. The van der Waals surface area contributed by atoms with Crippen LogP contribution < -0.4 is 0 Å². The highest BCUT2D eigenvalue weighted by Gasteiger charge is 2.27. The summed E-state index contributed by atoms with van der Waals surface area (Å²) in [5.74, 6) is 0.493. The quantitative estimate of drug-likeness (QED) is 0.773. The minimum Gasteiger partial charge on any atom is -0.343 e. The first-order valence-electron chi connectivity index (χ1n) is 7.66. The molecule has 0 saturated carbocycles. The molecule has 0 aliphatic carbocycles. The lowest BCUT2D eigenvalue weighted by Gasteiger charge is -2.33. The molecule has 0 unspecified atom stereocenters. The fraction of sp³-hybridized carbons (Fsp3) is 0.786. The van der Waals surface area contributed by atoms with Crippen LogP contribution in [0, 0.1) is 10.7 Å². The number of carbonyl (C=O) groups is 1. The van der Waals surface area contributed by atoms with Gasteiger partial charge in [0.1, 0.15) is 6.33 Å². The highest BCUT2D eigenvalue weighted by atomic mass is 32.1. The van der Waals surface area contributed by atoms with Gasteiger partial charge in [-0.15, -0.1) is 0 Å². The summed E-state index contributed by atoms with van der Waals surface area (Å²) in [6.07, 6.45) is 3.59. The van der Waals surface area contributed by atoms with E-state index < -0.39 is 0 Å². The van der Waals surface area contributed by atoms with Crippen LogP contribution in [0.25, 0.3) is 0 Å². The highest BCUT2D eigenvalue weighted by molar-refractivity contribution is 7.71. The SMILES string of the molecule is CCN(CC)C(=O)C1CCN(Cn2ncn(C)c2=S)CC1. The fourth-order valence-electron chi connectivity index (χ4n) is 2.82. The van der Waals surface area contributed by atoms with E-state index in [0.717, 1.165) is 43.8 Å². The van der Waals surface area contributed by atoms with Crippen molar-refractivity contribution in [2.75, 3.05) is 26.2 Å². The summed E-state index contributed by atoms with van der Waals surface area (Å²) < 4.78 is 4.41. The van der Waals surface area contributed by atoms with E-state index in [4.69, 9.17) is 12.2 Å². The Morgan fingerprint density at radius 1 is 1.38 bits per heavy atom. The largest absolute Gasteiger partial charge is 0.343 e. The predicted octanol–water partition coefficient (Wildman–Crippen LogP) is 1.49. The number of hydrogen-bond donors (Lipinski definition) is 0. The number of amides is 1.